The molecule has 2 N–H and O–H groups in total. The first-order valence-corrected chi connectivity index (χ1v) is 14.2. The second-order valence-corrected chi connectivity index (χ2v) is 9.49. The minimum Gasteiger partial charge on any atom is -0.379 e. The monoisotopic (exact) mass is 544 g/mol. The van der Waals surface area contributed by atoms with E-state index in [1.54, 1.807) is 6.92 Å². The summed E-state index contributed by atoms with van der Waals surface area (Å²) in [7, 11) is 0. The smallest absolute Gasteiger partial charge is 0.245 e. The van der Waals surface area contributed by atoms with Crippen LogP contribution in [0, 0.1) is 5.92 Å². The molecule has 0 aliphatic rings. The zero-order chi connectivity index (χ0) is 28.3. The third-order valence-electron chi connectivity index (χ3n) is 5.89. The molecule has 0 aromatic rings. The maximum Gasteiger partial charge on any atom is 0.245 e. The zero-order valence-corrected chi connectivity index (χ0v) is 24.0. The summed E-state index contributed by atoms with van der Waals surface area (Å²) in [6.45, 7) is 8.99. The molecule has 0 heterocycles. The van der Waals surface area contributed by atoms with Crippen molar-refractivity contribution in [2.75, 3.05) is 65.9 Å². The van der Waals surface area contributed by atoms with Crippen LogP contribution in [0.25, 0.3) is 0 Å². The molecule has 2 amide bonds. The fraction of sp³-hybridized carbons (Fsp3) is 0.857. The summed E-state index contributed by atoms with van der Waals surface area (Å²) in [4.78, 5) is 46.3. The second kappa shape index (κ2) is 26.7. The van der Waals surface area contributed by atoms with E-state index in [0.717, 1.165) is 44.9 Å². The number of carbonyl (C=O) groups is 4. The second-order valence-electron chi connectivity index (χ2n) is 9.49. The molecule has 0 unspecified atom stereocenters. The van der Waals surface area contributed by atoms with Gasteiger partial charge in [0.05, 0.1) is 33.0 Å². The van der Waals surface area contributed by atoms with Gasteiger partial charge in [0, 0.05) is 38.5 Å². The van der Waals surface area contributed by atoms with Gasteiger partial charge in [-0.25, -0.2) is 0 Å². The lowest BCUT2D eigenvalue weighted by molar-refractivity contribution is -0.126. The maximum absolute atomic E-state index is 11.8. The Morgan fingerprint density at radius 1 is 0.632 bits per heavy atom. The lowest BCUT2D eigenvalue weighted by atomic mass is 10.0. The quantitative estimate of drug-likeness (QED) is 0.144. The summed E-state index contributed by atoms with van der Waals surface area (Å²) in [5.74, 6) is 0.179. The number of unbranched alkanes of at least 4 members (excludes halogenated alkanes) is 4. The molecular formula is C28H52N2O8. The van der Waals surface area contributed by atoms with Crippen LogP contribution in [0.1, 0.15) is 85.0 Å². The van der Waals surface area contributed by atoms with E-state index < -0.39 is 0 Å². The van der Waals surface area contributed by atoms with E-state index in [9.17, 15) is 19.2 Å². The fourth-order valence-corrected chi connectivity index (χ4v) is 3.36. The number of Topliss-reactive ketones (excluding diaryl/α,β-unsaturated/α-hetero) is 2. The van der Waals surface area contributed by atoms with Crippen molar-refractivity contribution in [1.82, 2.24) is 10.6 Å². The molecule has 0 saturated carbocycles. The Bertz CT molecular complexity index is 630. The molecule has 10 nitrogen and oxygen atoms in total. The molecule has 0 bridgehead atoms. The summed E-state index contributed by atoms with van der Waals surface area (Å²) in [6, 6.07) is 0. The topological polar surface area (TPSA) is 129 Å². The Labute approximate surface area is 229 Å². The average molecular weight is 545 g/mol. The molecule has 0 aliphatic carbocycles. The number of ketones is 2. The van der Waals surface area contributed by atoms with Crippen molar-refractivity contribution in [3.05, 3.63) is 0 Å². The van der Waals surface area contributed by atoms with Gasteiger partial charge in [-0.15, -0.1) is 0 Å². The standard InChI is InChI=1S/C28H52N2O8/c1-4-5-6-7-13-27(33)30-15-17-36-19-20-37-22-26(32)12-10-16-35-18-21-38-23-28(34)29-14-9-8-11-24(2)25(3)31/h24H,4-23H2,1-3H3,(H,29,34)(H,30,33)/t24-/m0/s1. The summed E-state index contributed by atoms with van der Waals surface area (Å²) in [5, 5.41) is 5.62. The zero-order valence-electron chi connectivity index (χ0n) is 24.0. The molecule has 0 spiro atoms. The number of ether oxygens (including phenoxy) is 4. The average Bonchev–Trinajstić information content (AvgIpc) is 2.89. The van der Waals surface area contributed by atoms with Gasteiger partial charge in [-0.3, -0.25) is 19.2 Å². The van der Waals surface area contributed by atoms with Crippen LogP contribution >= 0.6 is 0 Å². The number of hydrogen-bond acceptors (Lipinski definition) is 8. The number of hydrogen-bond donors (Lipinski definition) is 2. The molecule has 0 rings (SSSR count). The molecular weight excluding hydrogens is 492 g/mol. The van der Waals surface area contributed by atoms with E-state index in [-0.39, 0.29) is 42.5 Å². The van der Waals surface area contributed by atoms with Crippen molar-refractivity contribution >= 4 is 23.4 Å². The Morgan fingerprint density at radius 2 is 1.29 bits per heavy atom. The first-order valence-electron chi connectivity index (χ1n) is 14.2. The van der Waals surface area contributed by atoms with E-state index in [0.29, 0.717) is 72.0 Å². The van der Waals surface area contributed by atoms with Crippen LogP contribution in [0.5, 0.6) is 0 Å². The van der Waals surface area contributed by atoms with Gasteiger partial charge in [0.25, 0.3) is 0 Å². The van der Waals surface area contributed by atoms with E-state index in [4.69, 9.17) is 18.9 Å². The molecule has 0 aromatic heterocycles. The summed E-state index contributed by atoms with van der Waals surface area (Å²) in [6.07, 6.45) is 8.45. The van der Waals surface area contributed by atoms with Crippen LogP contribution in [0.3, 0.4) is 0 Å². The Hall–Kier alpha value is -1.88. The minimum atomic E-state index is -0.166. The number of nitrogens with one attached hydrogen (secondary N) is 2. The highest BCUT2D eigenvalue weighted by Gasteiger charge is 2.07. The van der Waals surface area contributed by atoms with Crippen LogP contribution in [-0.4, -0.2) is 89.3 Å². The van der Waals surface area contributed by atoms with Gasteiger partial charge in [0.1, 0.15) is 19.0 Å². The van der Waals surface area contributed by atoms with E-state index in [1.165, 1.54) is 0 Å². The molecule has 0 aromatic carbocycles. The predicted octanol–water partition coefficient (Wildman–Crippen LogP) is 3.00. The highest BCUT2D eigenvalue weighted by atomic mass is 16.5. The molecule has 222 valence electrons. The Morgan fingerprint density at radius 3 is 2.00 bits per heavy atom. The number of carbonyl (C=O) groups excluding carboxylic acids is 4. The fourth-order valence-electron chi connectivity index (χ4n) is 3.36. The van der Waals surface area contributed by atoms with Gasteiger partial charge in [0.2, 0.25) is 11.8 Å². The molecule has 10 heteroatoms. The number of rotatable bonds is 28. The van der Waals surface area contributed by atoms with Crippen LogP contribution in [0.4, 0.5) is 0 Å². The lowest BCUT2D eigenvalue weighted by Gasteiger charge is -2.09. The first-order chi connectivity index (χ1) is 18.4. The Balaban J connectivity index is 3.36. The van der Waals surface area contributed by atoms with Crippen molar-refractivity contribution in [3.8, 4) is 0 Å². The van der Waals surface area contributed by atoms with Crippen molar-refractivity contribution in [3.63, 3.8) is 0 Å². The van der Waals surface area contributed by atoms with Gasteiger partial charge in [0.15, 0.2) is 5.78 Å². The third kappa shape index (κ3) is 25.8. The minimum absolute atomic E-state index is 0.00704. The first kappa shape index (κ1) is 36.1. The van der Waals surface area contributed by atoms with Gasteiger partial charge in [-0.2, -0.15) is 0 Å². The van der Waals surface area contributed by atoms with Crippen LogP contribution in [0.15, 0.2) is 0 Å². The normalized spacial score (nSPS) is 11.8. The van der Waals surface area contributed by atoms with Crippen molar-refractivity contribution < 1.29 is 38.1 Å². The summed E-state index contributed by atoms with van der Waals surface area (Å²) < 4.78 is 21.4. The van der Waals surface area contributed by atoms with Crippen LogP contribution in [-0.2, 0) is 38.1 Å². The lowest BCUT2D eigenvalue weighted by Crippen LogP contribution is -2.29. The molecule has 0 radical (unpaired) electrons. The summed E-state index contributed by atoms with van der Waals surface area (Å²) in [5.41, 5.74) is 0. The maximum atomic E-state index is 11.8. The highest BCUT2D eigenvalue weighted by Crippen LogP contribution is 2.08. The largest absolute Gasteiger partial charge is 0.379 e. The Kier molecular flexibility index (Phi) is 25.4. The van der Waals surface area contributed by atoms with Crippen LogP contribution in [0.2, 0.25) is 0 Å². The molecule has 38 heavy (non-hydrogen) atoms. The van der Waals surface area contributed by atoms with E-state index >= 15 is 0 Å². The molecule has 0 saturated heterocycles. The molecule has 0 fully saturated rings. The molecule has 0 aliphatic heterocycles. The van der Waals surface area contributed by atoms with Crippen LogP contribution < -0.4 is 10.6 Å². The SMILES string of the molecule is CCCCCCC(=O)NCCOCCOCC(=O)CCCOCCOCC(=O)NCCCC[C@H](C)C(C)=O. The predicted molar refractivity (Wildman–Crippen MR) is 146 cm³/mol. The molecule has 1 atom stereocenters. The van der Waals surface area contributed by atoms with E-state index in [2.05, 4.69) is 17.6 Å². The number of amides is 2. The van der Waals surface area contributed by atoms with Gasteiger partial charge in [-0.1, -0.05) is 39.5 Å². The summed E-state index contributed by atoms with van der Waals surface area (Å²) >= 11 is 0. The van der Waals surface area contributed by atoms with Crippen molar-refractivity contribution in [2.45, 2.75) is 85.0 Å². The van der Waals surface area contributed by atoms with Gasteiger partial charge in [-0.05, 0) is 32.6 Å². The van der Waals surface area contributed by atoms with Crippen molar-refractivity contribution in [2.24, 2.45) is 5.92 Å². The van der Waals surface area contributed by atoms with Crippen molar-refractivity contribution in [1.29, 1.82) is 0 Å². The van der Waals surface area contributed by atoms with Gasteiger partial charge >= 0.3 is 0 Å². The highest BCUT2D eigenvalue weighted by molar-refractivity contribution is 5.79. The van der Waals surface area contributed by atoms with Gasteiger partial charge < -0.3 is 29.6 Å². The third-order valence-corrected chi connectivity index (χ3v) is 5.89. The van der Waals surface area contributed by atoms with E-state index in [1.807, 2.05) is 6.92 Å².